The van der Waals surface area contributed by atoms with Crippen molar-refractivity contribution in [2.75, 3.05) is 18.6 Å². The zero-order valence-corrected chi connectivity index (χ0v) is 8.41. The van der Waals surface area contributed by atoms with Crippen LogP contribution in [0.5, 0.6) is 5.75 Å². The van der Waals surface area contributed by atoms with Crippen LogP contribution in [0.1, 0.15) is 12.5 Å². The van der Waals surface area contributed by atoms with E-state index in [1.165, 1.54) is 5.56 Å². The minimum atomic E-state index is 0.0452. The van der Waals surface area contributed by atoms with Crippen LogP contribution in [0.4, 0.5) is 5.69 Å². The van der Waals surface area contributed by atoms with E-state index in [9.17, 15) is 4.79 Å². The van der Waals surface area contributed by atoms with Gasteiger partial charge in [0, 0.05) is 26.1 Å². The van der Waals surface area contributed by atoms with Gasteiger partial charge in [-0.25, -0.2) is 0 Å². The summed E-state index contributed by atoms with van der Waals surface area (Å²) in [5.41, 5.74) is 2.12. The second kappa shape index (κ2) is 3.33. The standard InChI is InChI=1S/C11H13NO2/c1-8(13)12(2)10-3-4-11-9(7-10)5-6-14-11/h3-4,7H,5-6H2,1-2H3. The van der Waals surface area contributed by atoms with E-state index >= 15 is 0 Å². The summed E-state index contributed by atoms with van der Waals surface area (Å²) < 4.78 is 5.39. The molecule has 0 N–H and O–H groups in total. The molecule has 0 radical (unpaired) electrons. The second-order valence-corrected chi connectivity index (χ2v) is 3.47. The van der Waals surface area contributed by atoms with Gasteiger partial charge in [0.1, 0.15) is 5.75 Å². The third kappa shape index (κ3) is 1.45. The molecule has 1 heterocycles. The molecule has 3 nitrogen and oxygen atoms in total. The molecule has 0 saturated carbocycles. The fraction of sp³-hybridized carbons (Fsp3) is 0.364. The van der Waals surface area contributed by atoms with Gasteiger partial charge in [-0.1, -0.05) is 0 Å². The first kappa shape index (κ1) is 9.06. The highest BCUT2D eigenvalue weighted by atomic mass is 16.5. The van der Waals surface area contributed by atoms with Crippen LogP contribution in [0.25, 0.3) is 0 Å². The second-order valence-electron chi connectivity index (χ2n) is 3.47. The molecule has 0 fully saturated rings. The summed E-state index contributed by atoms with van der Waals surface area (Å²) in [7, 11) is 1.78. The Morgan fingerprint density at radius 3 is 3.00 bits per heavy atom. The van der Waals surface area contributed by atoms with Crippen LogP contribution in [0.2, 0.25) is 0 Å². The lowest BCUT2D eigenvalue weighted by Crippen LogP contribution is -2.22. The Morgan fingerprint density at radius 1 is 1.50 bits per heavy atom. The number of hydrogen-bond acceptors (Lipinski definition) is 2. The van der Waals surface area contributed by atoms with E-state index in [-0.39, 0.29) is 5.91 Å². The lowest BCUT2D eigenvalue weighted by atomic mass is 10.1. The van der Waals surface area contributed by atoms with Crippen molar-refractivity contribution in [3.05, 3.63) is 23.8 Å². The van der Waals surface area contributed by atoms with Crippen molar-refractivity contribution in [2.45, 2.75) is 13.3 Å². The van der Waals surface area contributed by atoms with Crippen molar-refractivity contribution < 1.29 is 9.53 Å². The van der Waals surface area contributed by atoms with Crippen molar-refractivity contribution in [2.24, 2.45) is 0 Å². The highest BCUT2D eigenvalue weighted by Gasteiger charge is 2.14. The molecule has 0 aliphatic carbocycles. The molecule has 74 valence electrons. The van der Waals surface area contributed by atoms with Crippen molar-refractivity contribution >= 4 is 11.6 Å². The molecule has 1 aromatic carbocycles. The van der Waals surface area contributed by atoms with Crippen LogP contribution in [-0.4, -0.2) is 19.6 Å². The van der Waals surface area contributed by atoms with Gasteiger partial charge < -0.3 is 9.64 Å². The first-order chi connectivity index (χ1) is 6.68. The summed E-state index contributed by atoms with van der Waals surface area (Å²) in [6.07, 6.45) is 0.939. The lowest BCUT2D eigenvalue weighted by molar-refractivity contribution is -0.116. The van der Waals surface area contributed by atoms with Crippen LogP contribution in [0.3, 0.4) is 0 Å². The third-order valence-corrected chi connectivity index (χ3v) is 2.53. The van der Waals surface area contributed by atoms with Gasteiger partial charge in [0.05, 0.1) is 6.61 Å². The highest BCUT2D eigenvalue weighted by molar-refractivity contribution is 5.91. The van der Waals surface area contributed by atoms with Gasteiger partial charge in [0.2, 0.25) is 5.91 Å². The van der Waals surface area contributed by atoms with Crippen molar-refractivity contribution in [3.63, 3.8) is 0 Å². The molecule has 14 heavy (non-hydrogen) atoms. The number of carbonyl (C=O) groups is 1. The Balaban J connectivity index is 2.33. The molecule has 0 atom stereocenters. The van der Waals surface area contributed by atoms with Crippen LogP contribution >= 0.6 is 0 Å². The van der Waals surface area contributed by atoms with Gasteiger partial charge in [-0.2, -0.15) is 0 Å². The topological polar surface area (TPSA) is 29.5 Å². The number of anilines is 1. The smallest absolute Gasteiger partial charge is 0.223 e. The van der Waals surface area contributed by atoms with Crippen LogP contribution in [0, 0.1) is 0 Å². The molecule has 1 aliphatic rings. The minimum absolute atomic E-state index is 0.0452. The van der Waals surface area contributed by atoms with E-state index in [0.29, 0.717) is 0 Å². The maximum absolute atomic E-state index is 11.1. The number of carbonyl (C=O) groups excluding carboxylic acids is 1. The Bertz CT molecular complexity index is 374. The average molecular weight is 191 g/mol. The quantitative estimate of drug-likeness (QED) is 0.674. The lowest BCUT2D eigenvalue weighted by Gasteiger charge is -2.15. The van der Waals surface area contributed by atoms with Gasteiger partial charge in [-0.05, 0) is 23.8 Å². The molecule has 3 heteroatoms. The van der Waals surface area contributed by atoms with Gasteiger partial charge in [0.25, 0.3) is 0 Å². The van der Waals surface area contributed by atoms with Gasteiger partial charge >= 0.3 is 0 Å². The fourth-order valence-corrected chi connectivity index (χ4v) is 1.56. The molecular formula is C11H13NO2. The summed E-state index contributed by atoms with van der Waals surface area (Å²) in [5, 5.41) is 0. The Kier molecular flexibility index (Phi) is 2.15. The van der Waals surface area contributed by atoms with Crippen LogP contribution in [0.15, 0.2) is 18.2 Å². The van der Waals surface area contributed by atoms with Crippen molar-refractivity contribution in [1.29, 1.82) is 0 Å². The van der Waals surface area contributed by atoms with Crippen molar-refractivity contribution in [1.82, 2.24) is 0 Å². The summed E-state index contributed by atoms with van der Waals surface area (Å²) in [6, 6.07) is 5.85. The van der Waals surface area contributed by atoms with Crippen LogP contribution in [-0.2, 0) is 11.2 Å². The highest BCUT2D eigenvalue weighted by Crippen LogP contribution is 2.29. The van der Waals surface area contributed by atoms with E-state index in [1.54, 1.807) is 18.9 Å². The molecule has 0 bridgehead atoms. The molecule has 0 spiro atoms. The van der Waals surface area contributed by atoms with E-state index in [4.69, 9.17) is 4.74 Å². The minimum Gasteiger partial charge on any atom is -0.493 e. The molecule has 1 aromatic rings. The number of nitrogens with zero attached hydrogens (tertiary/aromatic N) is 1. The van der Waals surface area contributed by atoms with E-state index in [0.717, 1.165) is 24.5 Å². The first-order valence-electron chi connectivity index (χ1n) is 4.68. The number of rotatable bonds is 1. The Morgan fingerprint density at radius 2 is 2.29 bits per heavy atom. The Labute approximate surface area is 83.3 Å². The van der Waals surface area contributed by atoms with E-state index in [2.05, 4.69) is 0 Å². The maximum Gasteiger partial charge on any atom is 0.223 e. The van der Waals surface area contributed by atoms with Gasteiger partial charge in [-0.15, -0.1) is 0 Å². The number of benzene rings is 1. The molecule has 0 saturated heterocycles. The SMILES string of the molecule is CC(=O)N(C)c1ccc2c(c1)CCO2. The number of amides is 1. The monoisotopic (exact) mass is 191 g/mol. The molecular weight excluding hydrogens is 178 g/mol. The molecule has 1 amide bonds. The normalized spacial score (nSPS) is 13.3. The largest absolute Gasteiger partial charge is 0.493 e. The molecule has 1 aliphatic heterocycles. The average Bonchev–Trinajstić information content (AvgIpc) is 2.62. The van der Waals surface area contributed by atoms with Gasteiger partial charge in [-0.3, -0.25) is 4.79 Å². The summed E-state index contributed by atoms with van der Waals surface area (Å²) in [4.78, 5) is 12.8. The predicted molar refractivity (Wildman–Crippen MR) is 54.7 cm³/mol. The number of ether oxygens (including phenoxy) is 1. The fourth-order valence-electron chi connectivity index (χ4n) is 1.56. The van der Waals surface area contributed by atoms with E-state index < -0.39 is 0 Å². The maximum atomic E-state index is 11.1. The summed E-state index contributed by atoms with van der Waals surface area (Å²) in [5.74, 6) is 0.995. The van der Waals surface area contributed by atoms with Crippen LogP contribution < -0.4 is 9.64 Å². The summed E-state index contributed by atoms with van der Waals surface area (Å²) in [6.45, 7) is 2.31. The number of fused-ring (bicyclic) bond motifs is 1. The molecule has 0 unspecified atom stereocenters. The summed E-state index contributed by atoms with van der Waals surface area (Å²) >= 11 is 0. The number of hydrogen-bond donors (Lipinski definition) is 0. The van der Waals surface area contributed by atoms with E-state index in [1.807, 2.05) is 18.2 Å². The third-order valence-electron chi connectivity index (χ3n) is 2.53. The molecule has 0 aromatic heterocycles. The molecule has 2 rings (SSSR count). The zero-order valence-electron chi connectivity index (χ0n) is 8.41. The first-order valence-corrected chi connectivity index (χ1v) is 4.68. The Hall–Kier alpha value is -1.51. The van der Waals surface area contributed by atoms with Gasteiger partial charge in [0.15, 0.2) is 0 Å². The van der Waals surface area contributed by atoms with Crippen molar-refractivity contribution in [3.8, 4) is 5.75 Å². The predicted octanol–water partition coefficient (Wildman–Crippen LogP) is 1.60. The zero-order chi connectivity index (χ0) is 10.1.